The van der Waals surface area contributed by atoms with Gasteiger partial charge in [-0.1, -0.05) is 46.9 Å². The molecule has 3 nitrogen and oxygen atoms in total. The van der Waals surface area contributed by atoms with E-state index in [9.17, 15) is 4.79 Å². The molecule has 0 aliphatic carbocycles. The third-order valence-electron chi connectivity index (χ3n) is 4.45. The maximum atomic E-state index is 12.6. The minimum Gasteiger partial charge on any atom is -0.336 e. The first-order valence-electron chi connectivity index (χ1n) is 8.24. The summed E-state index contributed by atoms with van der Waals surface area (Å²) in [6.07, 6.45) is 0.980. The third-order valence-corrected chi connectivity index (χ3v) is 5.25. The zero-order valence-corrected chi connectivity index (χ0v) is 17.2. The summed E-state index contributed by atoms with van der Waals surface area (Å²) >= 11 is 18.0. The molecule has 0 bridgehead atoms. The molecule has 1 fully saturated rings. The van der Waals surface area contributed by atoms with Gasteiger partial charge in [0.1, 0.15) is 0 Å². The summed E-state index contributed by atoms with van der Waals surface area (Å²) in [7, 11) is 0. The molecule has 1 heterocycles. The van der Waals surface area contributed by atoms with Crippen LogP contribution >= 0.6 is 47.2 Å². The molecule has 0 radical (unpaired) electrons. The van der Waals surface area contributed by atoms with Crippen molar-refractivity contribution < 1.29 is 4.79 Å². The van der Waals surface area contributed by atoms with Crippen molar-refractivity contribution >= 4 is 53.1 Å². The minimum atomic E-state index is -0.0287. The number of piperazine rings is 1. The average molecular weight is 434 g/mol. The molecule has 2 aromatic carbocycles. The smallest absolute Gasteiger partial charge is 0.255 e. The predicted molar refractivity (Wildman–Crippen MR) is 111 cm³/mol. The van der Waals surface area contributed by atoms with E-state index in [1.807, 2.05) is 17.0 Å². The molecule has 26 heavy (non-hydrogen) atoms. The number of halogens is 4. The maximum absolute atomic E-state index is 12.6. The van der Waals surface area contributed by atoms with E-state index < -0.39 is 0 Å². The van der Waals surface area contributed by atoms with Crippen LogP contribution in [0.5, 0.6) is 0 Å². The van der Waals surface area contributed by atoms with E-state index in [1.165, 1.54) is 5.56 Å². The zero-order chi connectivity index (χ0) is 17.8. The van der Waals surface area contributed by atoms with Crippen LogP contribution in [0.2, 0.25) is 15.1 Å². The van der Waals surface area contributed by atoms with Crippen molar-refractivity contribution in [2.45, 2.75) is 6.42 Å². The van der Waals surface area contributed by atoms with Gasteiger partial charge >= 0.3 is 0 Å². The number of amides is 1. The highest BCUT2D eigenvalue weighted by atomic mass is 35.5. The number of hydrogen-bond acceptors (Lipinski definition) is 2. The Kier molecular flexibility index (Phi) is 8.05. The number of rotatable bonds is 4. The lowest BCUT2D eigenvalue weighted by Gasteiger charge is -2.35. The van der Waals surface area contributed by atoms with Crippen molar-refractivity contribution in [3.05, 3.63) is 68.7 Å². The summed E-state index contributed by atoms with van der Waals surface area (Å²) in [5, 5.41) is 1.70. The van der Waals surface area contributed by atoms with Gasteiger partial charge in [-0.25, -0.2) is 0 Å². The third kappa shape index (κ3) is 5.51. The Labute approximate surface area is 175 Å². The van der Waals surface area contributed by atoms with E-state index in [-0.39, 0.29) is 18.3 Å². The summed E-state index contributed by atoms with van der Waals surface area (Å²) in [6, 6.07) is 13.0. The van der Waals surface area contributed by atoms with Crippen molar-refractivity contribution in [2.75, 3.05) is 32.7 Å². The van der Waals surface area contributed by atoms with Gasteiger partial charge in [-0.3, -0.25) is 9.69 Å². The fraction of sp³-hybridized carbons (Fsp3) is 0.316. The molecule has 0 spiro atoms. The standard InChI is InChI=1S/C19H19Cl3N2O.ClH/c20-15-3-1-14(2-4-15)7-8-23-9-11-24(12-10-23)19(25)17-6-5-16(21)13-18(17)22;/h1-6,13H,7-12H2;1H. The molecule has 0 atom stereocenters. The summed E-state index contributed by atoms with van der Waals surface area (Å²) < 4.78 is 0. The molecule has 3 rings (SSSR count). The number of carbonyl (C=O) groups excluding carboxylic acids is 1. The van der Waals surface area contributed by atoms with Crippen LogP contribution in [-0.4, -0.2) is 48.4 Å². The summed E-state index contributed by atoms with van der Waals surface area (Å²) in [6.45, 7) is 4.12. The van der Waals surface area contributed by atoms with Crippen LogP contribution in [0.3, 0.4) is 0 Å². The highest BCUT2D eigenvalue weighted by Crippen LogP contribution is 2.23. The van der Waals surface area contributed by atoms with Gasteiger partial charge in [-0.05, 0) is 42.3 Å². The van der Waals surface area contributed by atoms with Crippen LogP contribution in [0.15, 0.2) is 42.5 Å². The normalized spacial score (nSPS) is 14.8. The molecule has 2 aromatic rings. The van der Waals surface area contributed by atoms with Crippen LogP contribution < -0.4 is 0 Å². The monoisotopic (exact) mass is 432 g/mol. The zero-order valence-electron chi connectivity index (χ0n) is 14.1. The van der Waals surface area contributed by atoms with Crippen LogP contribution in [0.25, 0.3) is 0 Å². The summed E-state index contributed by atoms with van der Waals surface area (Å²) in [5.74, 6) is -0.0287. The number of benzene rings is 2. The lowest BCUT2D eigenvalue weighted by atomic mass is 10.1. The first-order chi connectivity index (χ1) is 12.0. The number of hydrogen-bond donors (Lipinski definition) is 0. The molecule has 1 aliphatic rings. The SMILES string of the molecule is Cl.O=C(c1ccc(Cl)cc1Cl)N1CCN(CCc2ccc(Cl)cc2)CC1. The fourth-order valence-electron chi connectivity index (χ4n) is 2.95. The van der Waals surface area contributed by atoms with E-state index in [0.29, 0.717) is 28.7 Å². The molecule has 140 valence electrons. The second kappa shape index (κ2) is 9.82. The van der Waals surface area contributed by atoms with Gasteiger partial charge in [0.05, 0.1) is 10.6 Å². The number of carbonyl (C=O) groups is 1. The van der Waals surface area contributed by atoms with Gasteiger partial charge < -0.3 is 4.90 Å². The van der Waals surface area contributed by atoms with Crippen molar-refractivity contribution in [1.29, 1.82) is 0 Å². The topological polar surface area (TPSA) is 23.6 Å². The quantitative estimate of drug-likeness (QED) is 0.671. The molecule has 0 N–H and O–H groups in total. The first-order valence-corrected chi connectivity index (χ1v) is 9.37. The van der Waals surface area contributed by atoms with Gasteiger partial charge in [-0.2, -0.15) is 0 Å². The average Bonchev–Trinajstić information content (AvgIpc) is 2.61. The Bertz CT molecular complexity index is 744. The van der Waals surface area contributed by atoms with E-state index in [4.69, 9.17) is 34.8 Å². The van der Waals surface area contributed by atoms with Gasteiger partial charge in [0, 0.05) is 42.8 Å². The van der Waals surface area contributed by atoms with Gasteiger partial charge in [0.2, 0.25) is 0 Å². The van der Waals surface area contributed by atoms with Gasteiger partial charge in [0.25, 0.3) is 5.91 Å². The molecule has 7 heteroatoms. The fourth-order valence-corrected chi connectivity index (χ4v) is 3.56. The van der Waals surface area contributed by atoms with Gasteiger partial charge in [0.15, 0.2) is 0 Å². The maximum Gasteiger partial charge on any atom is 0.255 e. The van der Waals surface area contributed by atoms with E-state index >= 15 is 0 Å². The van der Waals surface area contributed by atoms with Crippen molar-refractivity contribution in [3.63, 3.8) is 0 Å². The van der Waals surface area contributed by atoms with Crippen molar-refractivity contribution in [2.24, 2.45) is 0 Å². The highest BCUT2D eigenvalue weighted by Gasteiger charge is 2.23. The van der Waals surface area contributed by atoms with E-state index in [1.54, 1.807) is 18.2 Å². The van der Waals surface area contributed by atoms with Crippen LogP contribution in [-0.2, 0) is 6.42 Å². The molecule has 0 saturated carbocycles. The molecule has 1 aliphatic heterocycles. The number of nitrogens with zero attached hydrogens (tertiary/aromatic N) is 2. The second-order valence-corrected chi connectivity index (χ2v) is 7.41. The molecular formula is C19H20Cl4N2O. The molecular weight excluding hydrogens is 414 g/mol. The van der Waals surface area contributed by atoms with Crippen molar-refractivity contribution in [3.8, 4) is 0 Å². The summed E-state index contributed by atoms with van der Waals surface area (Å²) in [5.41, 5.74) is 1.79. The Morgan fingerprint density at radius 2 is 1.50 bits per heavy atom. The lowest BCUT2D eigenvalue weighted by molar-refractivity contribution is 0.0638. The molecule has 1 amide bonds. The van der Waals surface area contributed by atoms with Crippen LogP contribution in [0.1, 0.15) is 15.9 Å². The highest BCUT2D eigenvalue weighted by molar-refractivity contribution is 6.36. The minimum absolute atomic E-state index is 0. The largest absolute Gasteiger partial charge is 0.336 e. The Hall–Kier alpha value is -0.970. The Morgan fingerprint density at radius 1 is 0.885 bits per heavy atom. The second-order valence-electron chi connectivity index (χ2n) is 6.13. The van der Waals surface area contributed by atoms with E-state index in [2.05, 4.69) is 17.0 Å². The Balaban J connectivity index is 0.00000243. The van der Waals surface area contributed by atoms with Crippen molar-refractivity contribution in [1.82, 2.24) is 9.80 Å². The predicted octanol–water partition coefficient (Wildman–Crippen LogP) is 5.07. The van der Waals surface area contributed by atoms with E-state index in [0.717, 1.165) is 31.1 Å². The first kappa shape index (κ1) is 21.3. The molecule has 0 unspecified atom stereocenters. The molecule has 1 saturated heterocycles. The van der Waals surface area contributed by atoms with Crippen LogP contribution in [0, 0.1) is 0 Å². The Morgan fingerprint density at radius 3 is 2.12 bits per heavy atom. The van der Waals surface area contributed by atoms with Gasteiger partial charge in [-0.15, -0.1) is 12.4 Å². The summed E-state index contributed by atoms with van der Waals surface area (Å²) in [4.78, 5) is 16.8. The molecule has 0 aromatic heterocycles. The lowest BCUT2D eigenvalue weighted by Crippen LogP contribution is -2.49. The van der Waals surface area contributed by atoms with Crippen LogP contribution in [0.4, 0.5) is 0 Å².